The Hall–Kier alpha value is -0.420. The predicted octanol–water partition coefficient (Wildman–Crippen LogP) is 0.770. The minimum Gasteiger partial charge on any atom is -0.316 e. The zero-order valence-electron chi connectivity index (χ0n) is 10.1. The van der Waals surface area contributed by atoms with E-state index in [1.165, 1.54) is 0 Å². The highest BCUT2D eigenvalue weighted by atomic mass is 32.2. The summed E-state index contributed by atoms with van der Waals surface area (Å²) in [7, 11) is -3.02. The van der Waals surface area contributed by atoms with Gasteiger partial charge in [0, 0.05) is 24.1 Å². The van der Waals surface area contributed by atoms with Crippen molar-refractivity contribution in [3.05, 3.63) is 0 Å². The van der Waals surface area contributed by atoms with Crippen LogP contribution in [0.15, 0.2) is 0 Å². The minimum absolute atomic E-state index is 0.00405. The van der Waals surface area contributed by atoms with Gasteiger partial charge in [0.15, 0.2) is 0 Å². The average molecular weight is 247 g/mol. The number of hydrogen-bond acceptors (Lipinski definition) is 4. The Balaban J connectivity index is 2.58. The summed E-state index contributed by atoms with van der Waals surface area (Å²) in [6.07, 6.45) is 1.81. The fourth-order valence-corrected chi connectivity index (χ4v) is 2.92. The van der Waals surface area contributed by atoms with Crippen LogP contribution in [0.5, 0.6) is 0 Å². The molecule has 0 radical (unpaired) electrons. The topological polar surface area (TPSA) is 63.2 Å². The average Bonchev–Trinajstić information content (AvgIpc) is 2.76. The number of carbonyl (C=O) groups is 1. The van der Waals surface area contributed by atoms with Gasteiger partial charge in [-0.15, -0.1) is 0 Å². The summed E-state index contributed by atoms with van der Waals surface area (Å²) < 4.78 is 22.7. The highest BCUT2D eigenvalue weighted by Crippen LogP contribution is 2.31. The Labute approximate surface area is 97.7 Å². The fourth-order valence-electron chi connectivity index (χ4n) is 2.14. The summed E-state index contributed by atoms with van der Waals surface area (Å²) in [5, 5.41) is 3.19. The molecule has 1 heterocycles. The monoisotopic (exact) mass is 247 g/mol. The van der Waals surface area contributed by atoms with Crippen LogP contribution >= 0.6 is 0 Å². The molecule has 1 aliphatic heterocycles. The van der Waals surface area contributed by atoms with Crippen LogP contribution in [-0.2, 0) is 14.6 Å². The van der Waals surface area contributed by atoms with Crippen molar-refractivity contribution < 1.29 is 13.2 Å². The first-order valence-corrected chi connectivity index (χ1v) is 7.72. The van der Waals surface area contributed by atoms with Crippen LogP contribution < -0.4 is 5.32 Å². The quantitative estimate of drug-likeness (QED) is 0.753. The van der Waals surface area contributed by atoms with E-state index in [-0.39, 0.29) is 29.1 Å². The predicted molar refractivity (Wildman–Crippen MR) is 64.2 cm³/mol. The summed E-state index contributed by atoms with van der Waals surface area (Å²) in [5.41, 5.74) is -0.302. The van der Waals surface area contributed by atoms with E-state index in [1.54, 1.807) is 6.92 Å². The highest BCUT2D eigenvalue weighted by Gasteiger charge is 2.38. The molecule has 1 atom stereocenters. The fraction of sp³-hybridized carbons (Fsp3) is 0.909. The lowest BCUT2D eigenvalue weighted by Crippen LogP contribution is -2.34. The summed E-state index contributed by atoms with van der Waals surface area (Å²) in [6.45, 7) is 5.18. The second-order valence-electron chi connectivity index (χ2n) is 4.47. The molecular formula is C11H21NO3S. The normalized spacial score (nSPS) is 25.9. The maximum atomic E-state index is 12.1. The maximum Gasteiger partial charge on any atom is 0.150 e. The summed E-state index contributed by atoms with van der Waals surface area (Å²) >= 11 is 0. The van der Waals surface area contributed by atoms with Crippen molar-refractivity contribution in [1.29, 1.82) is 0 Å². The second-order valence-corrected chi connectivity index (χ2v) is 6.94. The van der Waals surface area contributed by atoms with Gasteiger partial charge in [0.1, 0.15) is 15.6 Å². The largest absolute Gasteiger partial charge is 0.316 e. The molecule has 0 amide bonds. The first-order valence-electron chi connectivity index (χ1n) is 5.90. The summed E-state index contributed by atoms with van der Waals surface area (Å²) in [4.78, 5) is 12.1. The van der Waals surface area contributed by atoms with E-state index in [2.05, 4.69) is 5.32 Å². The third kappa shape index (κ3) is 3.04. The lowest BCUT2D eigenvalue weighted by molar-refractivity contribution is -0.127. The molecule has 0 saturated carbocycles. The number of ketones is 1. The SMILES string of the molecule is CCC1(C(=O)CCS(=O)(=O)CC)CCNC1. The molecule has 5 heteroatoms. The summed E-state index contributed by atoms with van der Waals surface area (Å²) in [6, 6.07) is 0. The van der Waals surface area contributed by atoms with Crippen molar-refractivity contribution in [2.24, 2.45) is 5.41 Å². The van der Waals surface area contributed by atoms with Crippen LogP contribution in [0.25, 0.3) is 0 Å². The Morgan fingerprint density at radius 3 is 2.50 bits per heavy atom. The van der Waals surface area contributed by atoms with Gasteiger partial charge in [0.05, 0.1) is 5.75 Å². The van der Waals surface area contributed by atoms with Gasteiger partial charge in [0.2, 0.25) is 0 Å². The molecular weight excluding hydrogens is 226 g/mol. The van der Waals surface area contributed by atoms with E-state index in [0.717, 1.165) is 19.4 Å². The van der Waals surface area contributed by atoms with E-state index < -0.39 is 9.84 Å². The molecule has 1 saturated heterocycles. The van der Waals surface area contributed by atoms with Crippen molar-refractivity contribution in [1.82, 2.24) is 5.32 Å². The maximum absolute atomic E-state index is 12.1. The number of nitrogens with one attached hydrogen (secondary N) is 1. The van der Waals surface area contributed by atoms with Gasteiger partial charge in [-0.05, 0) is 19.4 Å². The molecule has 94 valence electrons. The number of carbonyl (C=O) groups excluding carboxylic acids is 1. The molecule has 1 fully saturated rings. The molecule has 16 heavy (non-hydrogen) atoms. The molecule has 1 aliphatic rings. The zero-order chi connectivity index (χ0) is 12.2. The molecule has 1 N–H and O–H groups in total. The van der Waals surface area contributed by atoms with Crippen molar-refractivity contribution in [2.45, 2.75) is 33.1 Å². The number of Topliss-reactive ketones (excluding diaryl/α,β-unsaturated/α-hetero) is 1. The Morgan fingerprint density at radius 1 is 1.38 bits per heavy atom. The van der Waals surface area contributed by atoms with Crippen LogP contribution in [0.1, 0.15) is 33.1 Å². The molecule has 0 bridgehead atoms. The lowest BCUT2D eigenvalue weighted by atomic mass is 9.79. The van der Waals surface area contributed by atoms with Gasteiger partial charge in [-0.25, -0.2) is 8.42 Å². The molecule has 0 aromatic heterocycles. The third-order valence-electron chi connectivity index (χ3n) is 3.59. The molecule has 0 aromatic carbocycles. The number of hydrogen-bond donors (Lipinski definition) is 1. The van der Waals surface area contributed by atoms with E-state index in [1.807, 2.05) is 6.92 Å². The smallest absolute Gasteiger partial charge is 0.150 e. The molecule has 4 nitrogen and oxygen atoms in total. The molecule has 1 unspecified atom stereocenters. The van der Waals surface area contributed by atoms with Crippen molar-refractivity contribution in [2.75, 3.05) is 24.6 Å². The third-order valence-corrected chi connectivity index (χ3v) is 5.30. The van der Waals surface area contributed by atoms with Crippen LogP contribution in [0.3, 0.4) is 0 Å². The van der Waals surface area contributed by atoms with Gasteiger partial charge < -0.3 is 5.32 Å². The molecule has 0 aromatic rings. The molecule has 0 aliphatic carbocycles. The summed E-state index contributed by atoms with van der Waals surface area (Å²) in [5.74, 6) is 0.235. The number of rotatable bonds is 6. The van der Waals surface area contributed by atoms with E-state index in [9.17, 15) is 13.2 Å². The standard InChI is InChI=1S/C11H21NO3S/c1-3-11(6-7-12-9-11)10(13)5-8-16(14,15)4-2/h12H,3-9H2,1-2H3. The van der Waals surface area contributed by atoms with Crippen molar-refractivity contribution in [3.8, 4) is 0 Å². The van der Waals surface area contributed by atoms with E-state index >= 15 is 0 Å². The molecule has 1 rings (SSSR count). The first-order chi connectivity index (χ1) is 7.46. The second kappa shape index (κ2) is 5.27. The van der Waals surface area contributed by atoms with Crippen LogP contribution in [-0.4, -0.2) is 38.8 Å². The van der Waals surface area contributed by atoms with Crippen LogP contribution in [0.4, 0.5) is 0 Å². The highest BCUT2D eigenvalue weighted by molar-refractivity contribution is 7.91. The molecule has 0 spiro atoms. The van der Waals surface area contributed by atoms with Gasteiger partial charge in [-0.1, -0.05) is 13.8 Å². The van der Waals surface area contributed by atoms with E-state index in [4.69, 9.17) is 0 Å². The van der Waals surface area contributed by atoms with Crippen molar-refractivity contribution in [3.63, 3.8) is 0 Å². The first kappa shape index (κ1) is 13.6. The van der Waals surface area contributed by atoms with Crippen LogP contribution in [0.2, 0.25) is 0 Å². The van der Waals surface area contributed by atoms with Gasteiger partial charge in [-0.2, -0.15) is 0 Å². The van der Waals surface area contributed by atoms with Gasteiger partial charge >= 0.3 is 0 Å². The Kier molecular flexibility index (Phi) is 4.50. The van der Waals surface area contributed by atoms with Gasteiger partial charge in [0.25, 0.3) is 0 Å². The van der Waals surface area contributed by atoms with Crippen molar-refractivity contribution >= 4 is 15.6 Å². The van der Waals surface area contributed by atoms with E-state index in [0.29, 0.717) is 6.54 Å². The lowest BCUT2D eigenvalue weighted by Gasteiger charge is -2.24. The number of sulfone groups is 1. The van der Waals surface area contributed by atoms with Crippen LogP contribution in [0, 0.1) is 5.41 Å². The zero-order valence-corrected chi connectivity index (χ0v) is 10.9. The Bertz CT molecular complexity index is 342. The Morgan fingerprint density at radius 2 is 2.06 bits per heavy atom. The van der Waals surface area contributed by atoms with Gasteiger partial charge in [-0.3, -0.25) is 4.79 Å². The minimum atomic E-state index is -3.02.